The first-order valence-electron chi connectivity index (χ1n) is 10.0. The number of carbonyl (C=O) groups is 2. The first kappa shape index (κ1) is 19.0. The molecule has 3 amide bonds. The number of hydrogen-bond acceptors (Lipinski definition) is 7. The molecular weight excluding hydrogens is 394 g/mol. The van der Waals surface area contributed by atoms with Crippen LogP contribution in [0.15, 0.2) is 48.5 Å². The lowest BCUT2D eigenvalue weighted by molar-refractivity contribution is -0.132. The van der Waals surface area contributed by atoms with Gasteiger partial charge in [-0.25, -0.2) is 4.79 Å². The standard InChI is InChI=1S/C22H21N7O2/c1-13-6-2-5-9-16(13)24-20-26-17(25-19(23)27-20)12-29-18(30)22(28-21(29)31)11-10-14-7-3-4-8-15(14)22/h2-9H,10-12H2,1H3,(H,28,31)(H3,23,24,25,26,27)/t22-/m0/s1. The van der Waals surface area contributed by atoms with E-state index >= 15 is 0 Å². The molecule has 31 heavy (non-hydrogen) atoms. The molecule has 0 unspecified atom stereocenters. The van der Waals surface area contributed by atoms with Gasteiger partial charge in [0, 0.05) is 5.69 Å². The third-order valence-corrected chi connectivity index (χ3v) is 5.81. The van der Waals surface area contributed by atoms with Gasteiger partial charge in [-0.1, -0.05) is 42.5 Å². The molecule has 156 valence electrons. The first-order valence-corrected chi connectivity index (χ1v) is 10.0. The van der Waals surface area contributed by atoms with E-state index in [-0.39, 0.29) is 30.2 Å². The van der Waals surface area contributed by atoms with Crippen molar-refractivity contribution in [2.45, 2.75) is 31.8 Å². The van der Waals surface area contributed by atoms with Gasteiger partial charge in [0.2, 0.25) is 11.9 Å². The summed E-state index contributed by atoms with van der Waals surface area (Å²) in [5, 5.41) is 6.02. The summed E-state index contributed by atoms with van der Waals surface area (Å²) >= 11 is 0. The maximum absolute atomic E-state index is 13.3. The highest BCUT2D eigenvalue weighted by atomic mass is 16.2. The number of nitrogen functional groups attached to an aromatic ring is 1. The highest BCUT2D eigenvalue weighted by Gasteiger charge is 2.55. The second-order valence-corrected chi connectivity index (χ2v) is 7.76. The van der Waals surface area contributed by atoms with Crippen LogP contribution in [0.1, 0.15) is 28.9 Å². The maximum Gasteiger partial charge on any atom is 0.325 e. The van der Waals surface area contributed by atoms with Crippen LogP contribution in [0, 0.1) is 6.92 Å². The number of hydrogen-bond donors (Lipinski definition) is 3. The fourth-order valence-corrected chi connectivity index (χ4v) is 4.27. The number of aryl methyl sites for hydroxylation is 2. The van der Waals surface area contributed by atoms with Gasteiger partial charge in [-0.05, 0) is 42.5 Å². The Morgan fingerprint density at radius 1 is 1.10 bits per heavy atom. The minimum atomic E-state index is -1.02. The van der Waals surface area contributed by atoms with Crippen molar-refractivity contribution in [3.05, 3.63) is 71.0 Å². The van der Waals surface area contributed by atoms with Crippen molar-refractivity contribution >= 4 is 29.5 Å². The van der Waals surface area contributed by atoms with Crippen LogP contribution in [-0.4, -0.2) is 31.8 Å². The normalized spacial score (nSPS) is 19.6. The molecule has 2 heterocycles. The maximum atomic E-state index is 13.3. The molecule has 1 spiro atoms. The second-order valence-electron chi connectivity index (χ2n) is 7.76. The number of carbonyl (C=O) groups excluding carboxylic acids is 2. The van der Waals surface area contributed by atoms with Gasteiger partial charge in [0.05, 0.1) is 6.54 Å². The van der Waals surface area contributed by atoms with E-state index in [2.05, 4.69) is 25.6 Å². The number of rotatable bonds is 4. The molecule has 3 aromatic rings. The van der Waals surface area contributed by atoms with E-state index in [1.165, 1.54) is 0 Å². The van der Waals surface area contributed by atoms with Crippen molar-refractivity contribution in [2.24, 2.45) is 0 Å². The Kier molecular flexibility index (Phi) is 4.32. The fraction of sp³-hybridized carbons (Fsp3) is 0.227. The number of benzene rings is 2. The molecule has 1 saturated heterocycles. The van der Waals surface area contributed by atoms with Crippen LogP contribution in [0.5, 0.6) is 0 Å². The minimum Gasteiger partial charge on any atom is -0.368 e. The van der Waals surface area contributed by atoms with Crippen molar-refractivity contribution in [3.8, 4) is 0 Å². The number of aromatic nitrogens is 3. The zero-order valence-corrected chi connectivity index (χ0v) is 16.9. The van der Waals surface area contributed by atoms with E-state index in [4.69, 9.17) is 5.73 Å². The lowest BCUT2D eigenvalue weighted by atomic mass is 9.92. The Hall–Kier alpha value is -4.01. The number of urea groups is 1. The zero-order valence-electron chi connectivity index (χ0n) is 16.9. The number of nitrogens with two attached hydrogens (primary N) is 1. The summed E-state index contributed by atoms with van der Waals surface area (Å²) < 4.78 is 0. The molecule has 5 rings (SSSR count). The van der Waals surface area contributed by atoms with Gasteiger partial charge in [-0.2, -0.15) is 15.0 Å². The third-order valence-electron chi connectivity index (χ3n) is 5.81. The number of amides is 3. The van der Waals surface area contributed by atoms with E-state index in [0.717, 1.165) is 33.7 Å². The number of para-hydroxylation sites is 1. The number of nitrogens with one attached hydrogen (secondary N) is 2. The predicted molar refractivity (Wildman–Crippen MR) is 114 cm³/mol. The molecule has 0 bridgehead atoms. The van der Waals surface area contributed by atoms with Gasteiger partial charge in [0.25, 0.3) is 5.91 Å². The molecule has 0 saturated carbocycles. The molecule has 1 atom stereocenters. The zero-order chi connectivity index (χ0) is 21.6. The SMILES string of the molecule is Cc1ccccc1Nc1nc(N)nc(CN2C(=O)N[C@]3(CCc4ccccc43)C2=O)n1. The smallest absolute Gasteiger partial charge is 0.325 e. The van der Waals surface area contributed by atoms with Gasteiger partial charge in [-0.15, -0.1) is 0 Å². The van der Waals surface area contributed by atoms with Crippen molar-refractivity contribution in [3.63, 3.8) is 0 Å². The predicted octanol–water partition coefficient (Wildman–Crippen LogP) is 2.40. The second kappa shape index (κ2) is 7.05. The van der Waals surface area contributed by atoms with Crippen LogP contribution in [0.2, 0.25) is 0 Å². The van der Waals surface area contributed by atoms with Crippen molar-refractivity contribution < 1.29 is 9.59 Å². The number of imide groups is 1. The van der Waals surface area contributed by atoms with Gasteiger partial charge in [0.1, 0.15) is 5.54 Å². The Bertz CT molecular complexity index is 1210. The van der Waals surface area contributed by atoms with E-state index in [9.17, 15) is 9.59 Å². The van der Waals surface area contributed by atoms with Gasteiger partial charge >= 0.3 is 6.03 Å². The van der Waals surface area contributed by atoms with E-state index < -0.39 is 11.6 Å². The monoisotopic (exact) mass is 415 g/mol. The molecule has 1 fully saturated rings. The summed E-state index contributed by atoms with van der Waals surface area (Å²) in [5.41, 5.74) is 8.62. The molecule has 9 nitrogen and oxygen atoms in total. The Balaban J connectivity index is 1.42. The molecule has 1 aliphatic heterocycles. The summed E-state index contributed by atoms with van der Waals surface area (Å²) in [7, 11) is 0. The average Bonchev–Trinajstić information content (AvgIpc) is 3.23. The largest absolute Gasteiger partial charge is 0.368 e. The molecular formula is C22H21N7O2. The van der Waals surface area contributed by atoms with Crippen molar-refractivity contribution in [1.82, 2.24) is 25.2 Å². The van der Waals surface area contributed by atoms with Crippen molar-refractivity contribution in [2.75, 3.05) is 11.1 Å². The summed E-state index contributed by atoms with van der Waals surface area (Å²) in [6.07, 6.45) is 1.27. The number of nitrogens with zero attached hydrogens (tertiary/aromatic N) is 4. The Labute approximate surface area is 178 Å². The van der Waals surface area contributed by atoms with E-state index in [0.29, 0.717) is 6.42 Å². The molecule has 2 aromatic carbocycles. The fourth-order valence-electron chi connectivity index (χ4n) is 4.27. The lowest BCUT2D eigenvalue weighted by Crippen LogP contribution is -2.41. The van der Waals surface area contributed by atoms with E-state index in [1.807, 2.05) is 55.5 Å². The van der Waals surface area contributed by atoms with Crippen LogP contribution in [0.4, 0.5) is 22.4 Å². The molecule has 1 aromatic heterocycles. The summed E-state index contributed by atoms with van der Waals surface area (Å²) in [6.45, 7) is 1.86. The molecule has 0 radical (unpaired) electrons. The molecule has 1 aliphatic carbocycles. The molecule has 9 heteroatoms. The van der Waals surface area contributed by atoms with Crippen molar-refractivity contribution in [1.29, 1.82) is 0 Å². The first-order chi connectivity index (χ1) is 15.0. The topological polar surface area (TPSA) is 126 Å². The highest BCUT2D eigenvalue weighted by molar-refractivity contribution is 6.08. The van der Waals surface area contributed by atoms with Crippen LogP contribution in [-0.2, 0) is 23.3 Å². The quantitative estimate of drug-likeness (QED) is 0.559. The summed E-state index contributed by atoms with van der Waals surface area (Å²) in [6, 6.07) is 14.9. The van der Waals surface area contributed by atoms with Crippen LogP contribution < -0.4 is 16.4 Å². The summed E-state index contributed by atoms with van der Waals surface area (Å²) in [5.74, 6) is 0.198. The van der Waals surface area contributed by atoms with Gasteiger partial charge < -0.3 is 16.4 Å². The van der Waals surface area contributed by atoms with Crippen LogP contribution in [0.3, 0.4) is 0 Å². The van der Waals surface area contributed by atoms with Gasteiger partial charge in [0.15, 0.2) is 5.82 Å². The summed E-state index contributed by atoms with van der Waals surface area (Å²) in [4.78, 5) is 39.9. The lowest BCUT2D eigenvalue weighted by Gasteiger charge is -2.22. The Morgan fingerprint density at radius 3 is 2.71 bits per heavy atom. The number of anilines is 3. The number of fused-ring (bicyclic) bond motifs is 2. The molecule has 2 aliphatic rings. The molecule has 4 N–H and O–H groups in total. The van der Waals surface area contributed by atoms with E-state index in [1.54, 1.807) is 0 Å². The third kappa shape index (κ3) is 3.14. The van der Waals surface area contributed by atoms with Crippen LogP contribution in [0.25, 0.3) is 0 Å². The van der Waals surface area contributed by atoms with Gasteiger partial charge in [-0.3, -0.25) is 9.69 Å². The highest BCUT2D eigenvalue weighted by Crippen LogP contribution is 2.41. The van der Waals surface area contributed by atoms with Crippen LogP contribution >= 0.6 is 0 Å². The average molecular weight is 415 g/mol. The minimum absolute atomic E-state index is 0.00839. The Morgan fingerprint density at radius 2 is 1.87 bits per heavy atom.